The Morgan fingerprint density at radius 3 is 2.42 bits per heavy atom. The fraction of sp³-hybridized carbons (Fsp3) is 0.417. The quantitative estimate of drug-likeness (QED) is 0.561. The van der Waals surface area contributed by atoms with E-state index in [2.05, 4.69) is 5.32 Å². The standard InChI is InChI=1S/C24H24F4N2O5S/c1-36(34,35)17-4-2-3-14(9-17)23(33)30-12-16(31)11-20(30)22(32)29-21(13-5-6-13)18-8-7-15(10-19(18)25)24(26,27)28/h2-4,7-10,13,16,20-21,31H,5-6,11-12H2,1H3,(H,29,32)/t16-,20-,21-/m1/s1. The summed E-state index contributed by atoms with van der Waals surface area (Å²) in [6.07, 6.45) is -3.57. The monoisotopic (exact) mass is 528 g/mol. The molecule has 1 heterocycles. The van der Waals surface area contributed by atoms with Crippen LogP contribution in [0, 0.1) is 11.7 Å². The zero-order chi connectivity index (χ0) is 26.4. The molecule has 0 spiro atoms. The van der Waals surface area contributed by atoms with Gasteiger partial charge in [0.1, 0.15) is 11.9 Å². The number of alkyl halides is 3. The highest BCUT2D eigenvalue weighted by atomic mass is 32.2. The van der Waals surface area contributed by atoms with E-state index in [4.69, 9.17) is 0 Å². The first-order valence-electron chi connectivity index (χ1n) is 11.2. The smallest absolute Gasteiger partial charge is 0.391 e. The summed E-state index contributed by atoms with van der Waals surface area (Å²) < 4.78 is 77.2. The van der Waals surface area contributed by atoms with Gasteiger partial charge in [-0.2, -0.15) is 13.2 Å². The lowest BCUT2D eigenvalue weighted by Gasteiger charge is -2.27. The predicted octanol–water partition coefficient (Wildman–Crippen LogP) is 3.09. The number of hydrogen-bond donors (Lipinski definition) is 2. The zero-order valence-electron chi connectivity index (χ0n) is 19.1. The fourth-order valence-corrected chi connectivity index (χ4v) is 5.06. The van der Waals surface area contributed by atoms with Crippen LogP contribution in [0.15, 0.2) is 47.4 Å². The molecule has 4 rings (SSSR count). The maximum absolute atomic E-state index is 14.7. The zero-order valence-corrected chi connectivity index (χ0v) is 19.9. The molecule has 0 unspecified atom stereocenters. The SMILES string of the molecule is CS(=O)(=O)c1cccc(C(=O)N2C[C@H](O)C[C@@H]2C(=O)N[C@@H](c2ccc(C(F)(F)F)cc2F)C2CC2)c1. The van der Waals surface area contributed by atoms with E-state index in [1.165, 1.54) is 24.3 Å². The Hall–Kier alpha value is -2.99. The minimum absolute atomic E-state index is 0.0114. The van der Waals surface area contributed by atoms with Crippen molar-refractivity contribution >= 4 is 21.7 Å². The molecule has 0 bridgehead atoms. The molecule has 1 aliphatic heterocycles. The second-order valence-corrected chi connectivity index (χ2v) is 11.2. The summed E-state index contributed by atoms with van der Waals surface area (Å²) in [4.78, 5) is 27.4. The lowest BCUT2D eigenvalue weighted by atomic mass is 9.99. The highest BCUT2D eigenvalue weighted by molar-refractivity contribution is 7.90. The number of nitrogens with one attached hydrogen (secondary N) is 1. The van der Waals surface area contributed by atoms with Gasteiger partial charge in [0.25, 0.3) is 5.91 Å². The normalized spacial score (nSPS) is 21.3. The number of nitrogens with zero attached hydrogens (tertiary/aromatic N) is 1. The summed E-state index contributed by atoms with van der Waals surface area (Å²) in [7, 11) is -3.59. The van der Waals surface area contributed by atoms with Crippen LogP contribution in [-0.4, -0.2) is 55.2 Å². The number of carbonyl (C=O) groups is 2. The molecule has 0 aromatic heterocycles. The number of hydrogen-bond acceptors (Lipinski definition) is 5. The summed E-state index contributed by atoms with van der Waals surface area (Å²) in [5.41, 5.74) is -1.22. The predicted molar refractivity (Wildman–Crippen MR) is 120 cm³/mol. The number of β-amino-alcohol motifs (C(OH)–C–C–N with tert-alkyl or cyclic N) is 1. The number of halogens is 4. The van der Waals surface area contributed by atoms with Crippen LogP contribution in [0.2, 0.25) is 0 Å². The number of benzene rings is 2. The highest BCUT2D eigenvalue weighted by Gasteiger charge is 2.43. The van der Waals surface area contributed by atoms with Crippen LogP contribution in [0.25, 0.3) is 0 Å². The molecule has 36 heavy (non-hydrogen) atoms. The average molecular weight is 529 g/mol. The maximum atomic E-state index is 14.7. The summed E-state index contributed by atoms with van der Waals surface area (Å²) in [5, 5.41) is 12.9. The van der Waals surface area contributed by atoms with Crippen molar-refractivity contribution in [3.05, 3.63) is 65.0 Å². The first kappa shape index (κ1) is 26.1. The summed E-state index contributed by atoms with van der Waals surface area (Å²) in [6.45, 7) is -0.178. The van der Waals surface area contributed by atoms with Gasteiger partial charge in [0.15, 0.2) is 9.84 Å². The lowest BCUT2D eigenvalue weighted by Crippen LogP contribution is -2.47. The minimum Gasteiger partial charge on any atom is -0.391 e. The van der Waals surface area contributed by atoms with Gasteiger partial charge in [-0.05, 0) is 49.1 Å². The summed E-state index contributed by atoms with van der Waals surface area (Å²) in [6, 6.07) is 5.41. The highest BCUT2D eigenvalue weighted by Crippen LogP contribution is 2.43. The van der Waals surface area contributed by atoms with E-state index in [1.807, 2.05) is 0 Å². The van der Waals surface area contributed by atoms with E-state index >= 15 is 0 Å². The van der Waals surface area contributed by atoms with E-state index in [0.717, 1.165) is 23.3 Å². The Morgan fingerprint density at radius 1 is 1.14 bits per heavy atom. The van der Waals surface area contributed by atoms with Gasteiger partial charge < -0.3 is 15.3 Å². The first-order valence-corrected chi connectivity index (χ1v) is 13.1. The van der Waals surface area contributed by atoms with Crippen molar-refractivity contribution in [1.29, 1.82) is 0 Å². The fourth-order valence-electron chi connectivity index (χ4n) is 4.40. The van der Waals surface area contributed by atoms with Crippen molar-refractivity contribution in [3.8, 4) is 0 Å². The van der Waals surface area contributed by atoms with Crippen LogP contribution >= 0.6 is 0 Å². The van der Waals surface area contributed by atoms with Crippen LogP contribution in [0.5, 0.6) is 0 Å². The number of rotatable bonds is 6. The van der Waals surface area contributed by atoms with E-state index in [-0.39, 0.29) is 34.9 Å². The van der Waals surface area contributed by atoms with Crippen molar-refractivity contribution < 1.29 is 40.7 Å². The molecule has 7 nitrogen and oxygen atoms in total. The van der Waals surface area contributed by atoms with Crippen molar-refractivity contribution in [2.75, 3.05) is 12.8 Å². The summed E-state index contributed by atoms with van der Waals surface area (Å²) in [5.74, 6) is -2.63. The number of sulfone groups is 1. The van der Waals surface area contributed by atoms with Crippen molar-refractivity contribution in [3.63, 3.8) is 0 Å². The van der Waals surface area contributed by atoms with E-state index in [0.29, 0.717) is 18.9 Å². The maximum Gasteiger partial charge on any atom is 0.416 e. The molecule has 3 atom stereocenters. The molecule has 194 valence electrons. The number of amides is 2. The van der Waals surface area contributed by atoms with E-state index in [1.54, 1.807) is 0 Å². The Balaban J connectivity index is 1.57. The van der Waals surface area contributed by atoms with Crippen LogP contribution in [0.4, 0.5) is 17.6 Å². The van der Waals surface area contributed by atoms with Gasteiger partial charge in [-0.15, -0.1) is 0 Å². The summed E-state index contributed by atoms with van der Waals surface area (Å²) >= 11 is 0. The van der Waals surface area contributed by atoms with Gasteiger partial charge in [0.2, 0.25) is 5.91 Å². The second-order valence-electron chi connectivity index (χ2n) is 9.22. The van der Waals surface area contributed by atoms with Gasteiger partial charge in [-0.3, -0.25) is 9.59 Å². The number of likely N-dealkylation sites (tertiary alicyclic amines) is 1. The molecule has 2 aromatic carbocycles. The van der Waals surface area contributed by atoms with Crippen LogP contribution in [0.3, 0.4) is 0 Å². The minimum atomic E-state index is -4.72. The van der Waals surface area contributed by atoms with Gasteiger partial charge in [-0.25, -0.2) is 12.8 Å². The van der Waals surface area contributed by atoms with E-state index in [9.17, 15) is 40.7 Å². The molecule has 2 aromatic rings. The molecule has 1 aliphatic carbocycles. The van der Waals surface area contributed by atoms with Gasteiger partial charge in [0.05, 0.1) is 22.6 Å². The van der Waals surface area contributed by atoms with Crippen molar-refractivity contribution in [2.45, 2.75) is 48.5 Å². The van der Waals surface area contributed by atoms with Gasteiger partial charge in [-0.1, -0.05) is 12.1 Å². The molecule has 1 saturated heterocycles. The van der Waals surface area contributed by atoms with Crippen molar-refractivity contribution in [1.82, 2.24) is 10.2 Å². The first-order chi connectivity index (χ1) is 16.8. The molecule has 1 saturated carbocycles. The molecule has 0 radical (unpaired) electrons. The Bertz CT molecular complexity index is 1290. The third kappa shape index (κ3) is 5.54. The Morgan fingerprint density at radius 2 is 1.83 bits per heavy atom. The number of carbonyl (C=O) groups excluding carboxylic acids is 2. The molecule has 2 fully saturated rings. The van der Waals surface area contributed by atoms with Crippen LogP contribution < -0.4 is 5.32 Å². The van der Waals surface area contributed by atoms with Crippen molar-refractivity contribution in [2.24, 2.45) is 5.92 Å². The van der Waals surface area contributed by atoms with Gasteiger partial charge >= 0.3 is 6.18 Å². The lowest BCUT2D eigenvalue weighted by molar-refractivity contribution is -0.137. The van der Waals surface area contributed by atoms with Gasteiger partial charge in [0, 0.05) is 30.3 Å². The van der Waals surface area contributed by atoms with E-state index < -0.39 is 57.4 Å². The third-order valence-electron chi connectivity index (χ3n) is 6.41. The largest absolute Gasteiger partial charge is 0.416 e. The third-order valence-corrected chi connectivity index (χ3v) is 7.52. The molecule has 12 heteroatoms. The Labute approximate surface area is 205 Å². The molecule has 2 N–H and O–H groups in total. The molecular weight excluding hydrogens is 504 g/mol. The molecular formula is C24H24F4N2O5S. The average Bonchev–Trinajstić information content (AvgIpc) is 3.56. The molecule has 2 aliphatic rings. The van der Waals surface area contributed by atoms with Crippen LogP contribution in [0.1, 0.15) is 46.8 Å². The topological polar surface area (TPSA) is 104 Å². The number of aliphatic hydroxyl groups is 1. The Kier molecular flexibility index (Phi) is 6.86. The molecule has 2 amide bonds. The second kappa shape index (κ2) is 9.47. The van der Waals surface area contributed by atoms with Crippen LogP contribution in [-0.2, 0) is 20.8 Å². The number of aliphatic hydroxyl groups excluding tert-OH is 1.